The van der Waals surface area contributed by atoms with Crippen molar-refractivity contribution in [2.75, 3.05) is 0 Å². The number of hydrogen-bond acceptors (Lipinski definition) is 3. The predicted octanol–water partition coefficient (Wildman–Crippen LogP) is 15.4. The van der Waals surface area contributed by atoms with Crippen molar-refractivity contribution in [1.82, 2.24) is 0 Å². The largest absolute Gasteiger partial charge is 0.462 e. The van der Waals surface area contributed by atoms with Gasteiger partial charge in [0.05, 0.1) is 6.10 Å². The predicted molar refractivity (Wildman–Crippen MR) is 210 cm³/mol. The summed E-state index contributed by atoms with van der Waals surface area (Å²) in [5.41, 5.74) is 0. The Kier molecular flexibility index (Phi) is 44.9. The molecule has 3 nitrogen and oxygen atoms in total. The first-order valence-corrected chi connectivity index (χ1v) is 21.9. The SMILES string of the molecule is CCCCCCCCCC(O)CCCCCC.CCCCCCCCCCCC(=O)OC(CCCCCC)CCCCCCCCC. The highest BCUT2D eigenvalue weighted by Gasteiger charge is 2.14. The number of carbonyl (C=O) groups excluding carboxylic acids is 1. The molecule has 47 heavy (non-hydrogen) atoms. The molecule has 2 unspecified atom stereocenters. The van der Waals surface area contributed by atoms with Gasteiger partial charge < -0.3 is 9.84 Å². The van der Waals surface area contributed by atoms with E-state index < -0.39 is 0 Å². The third kappa shape index (κ3) is 43.4. The van der Waals surface area contributed by atoms with Crippen LogP contribution >= 0.6 is 0 Å². The summed E-state index contributed by atoms with van der Waals surface area (Å²) >= 11 is 0. The quantitative estimate of drug-likeness (QED) is 0.0530. The van der Waals surface area contributed by atoms with E-state index in [0.29, 0.717) is 6.42 Å². The number of ether oxygens (including phenoxy) is 1. The Morgan fingerprint density at radius 1 is 0.383 bits per heavy atom. The van der Waals surface area contributed by atoms with E-state index in [4.69, 9.17) is 4.74 Å². The Labute approximate surface area is 298 Å². The van der Waals surface area contributed by atoms with Crippen LogP contribution in [0.1, 0.15) is 266 Å². The zero-order chi connectivity index (χ0) is 34.9. The van der Waals surface area contributed by atoms with E-state index in [9.17, 15) is 9.90 Å². The molecule has 3 heteroatoms. The molecule has 0 aromatic rings. The molecule has 0 fully saturated rings. The smallest absolute Gasteiger partial charge is 0.306 e. The van der Waals surface area contributed by atoms with Crippen LogP contribution in [-0.2, 0) is 9.53 Å². The van der Waals surface area contributed by atoms with Gasteiger partial charge in [-0.15, -0.1) is 0 Å². The minimum atomic E-state index is -0.0255. The molecule has 0 rings (SSSR count). The van der Waals surface area contributed by atoms with Crippen LogP contribution < -0.4 is 0 Å². The van der Waals surface area contributed by atoms with Crippen molar-refractivity contribution in [3.8, 4) is 0 Å². The summed E-state index contributed by atoms with van der Waals surface area (Å²) in [7, 11) is 0. The van der Waals surface area contributed by atoms with Gasteiger partial charge in [-0.2, -0.15) is 0 Å². The molecule has 284 valence electrons. The van der Waals surface area contributed by atoms with Crippen molar-refractivity contribution in [2.45, 2.75) is 278 Å². The second-order valence-corrected chi connectivity index (χ2v) is 14.9. The normalized spacial score (nSPS) is 12.5. The van der Waals surface area contributed by atoms with Gasteiger partial charge >= 0.3 is 5.97 Å². The lowest BCUT2D eigenvalue weighted by molar-refractivity contribution is -0.150. The molecule has 0 aromatic heterocycles. The van der Waals surface area contributed by atoms with Crippen molar-refractivity contribution in [2.24, 2.45) is 0 Å². The highest BCUT2D eigenvalue weighted by Crippen LogP contribution is 2.18. The van der Waals surface area contributed by atoms with Gasteiger partial charge in [-0.05, 0) is 44.9 Å². The summed E-state index contributed by atoms with van der Waals surface area (Å²) < 4.78 is 5.91. The lowest BCUT2D eigenvalue weighted by Gasteiger charge is -2.18. The van der Waals surface area contributed by atoms with E-state index in [1.54, 1.807) is 0 Å². The van der Waals surface area contributed by atoms with Crippen molar-refractivity contribution < 1.29 is 14.6 Å². The fourth-order valence-electron chi connectivity index (χ4n) is 6.50. The van der Waals surface area contributed by atoms with Crippen LogP contribution in [0.4, 0.5) is 0 Å². The Bertz CT molecular complexity index is 562. The molecule has 0 aliphatic heterocycles. The van der Waals surface area contributed by atoms with Gasteiger partial charge in [0, 0.05) is 6.42 Å². The van der Waals surface area contributed by atoms with Gasteiger partial charge in [0.15, 0.2) is 0 Å². The lowest BCUT2D eigenvalue weighted by atomic mass is 10.0. The average molecular weight is 667 g/mol. The Morgan fingerprint density at radius 2 is 0.638 bits per heavy atom. The maximum absolute atomic E-state index is 12.3. The molecule has 0 amide bonds. The first-order valence-electron chi connectivity index (χ1n) is 21.9. The van der Waals surface area contributed by atoms with Gasteiger partial charge in [0.1, 0.15) is 6.10 Å². The minimum Gasteiger partial charge on any atom is -0.462 e. The van der Waals surface area contributed by atoms with E-state index in [1.165, 1.54) is 193 Å². The van der Waals surface area contributed by atoms with Crippen LogP contribution in [0.25, 0.3) is 0 Å². The number of aliphatic hydroxyl groups excluding tert-OH is 1. The van der Waals surface area contributed by atoms with Crippen molar-refractivity contribution in [1.29, 1.82) is 0 Å². The molecule has 0 heterocycles. The van der Waals surface area contributed by atoms with Gasteiger partial charge in [-0.25, -0.2) is 0 Å². The molecule has 0 radical (unpaired) electrons. The number of carbonyl (C=O) groups is 1. The summed E-state index contributed by atoms with van der Waals surface area (Å²) in [6, 6.07) is 0. The first kappa shape index (κ1) is 48.5. The molecule has 0 bridgehead atoms. The Morgan fingerprint density at radius 3 is 0.979 bits per heavy atom. The standard InChI is InChI=1S/C28H56O2.C16H34O/c1-4-7-10-13-15-16-18-20-23-26-28(29)30-27(24-21-12-9-6-3)25-22-19-17-14-11-8-5-2;1-3-5-7-9-10-11-13-15-16(17)14-12-8-6-4-2/h27H,4-26H2,1-3H3;16-17H,3-15H2,1-2H3. The maximum Gasteiger partial charge on any atom is 0.306 e. The van der Waals surface area contributed by atoms with Gasteiger partial charge in [-0.3, -0.25) is 4.79 Å². The number of unbranched alkanes of at least 4 members (excludes halogenated alkanes) is 26. The highest BCUT2D eigenvalue weighted by atomic mass is 16.5. The topological polar surface area (TPSA) is 46.5 Å². The first-order chi connectivity index (χ1) is 23.0. The average Bonchev–Trinajstić information content (AvgIpc) is 3.07. The summed E-state index contributed by atoms with van der Waals surface area (Å²) in [4.78, 5) is 12.3. The lowest BCUT2D eigenvalue weighted by Crippen LogP contribution is -2.18. The molecule has 2 atom stereocenters. The highest BCUT2D eigenvalue weighted by molar-refractivity contribution is 5.69. The van der Waals surface area contributed by atoms with E-state index in [0.717, 1.165) is 32.1 Å². The molecule has 0 saturated carbocycles. The summed E-state index contributed by atoms with van der Waals surface area (Å²) in [5, 5.41) is 9.79. The van der Waals surface area contributed by atoms with Crippen LogP contribution in [0.3, 0.4) is 0 Å². The van der Waals surface area contributed by atoms with E-state index in [1.807, 2.05) is 0 Å². The maximum atomic E-state index is 12.3. The zero-order valence-electron chi connectivity index (χ0n) is 33.4. The van der Waals surface area contributed by atoms with E-state index in [-0.39, 0.29) is 18.2 Å². The fourth-order valence-corrected chi connectivity index (χ4v) is 6.50. The van der Waals surface area contributed by atoms with Gasteiger partial charge in [0.25, 0.3) is 0 Å². The number of hydrogen-bond donors (Lipinski definition) is 1. The second-order valence-electron chi connectivity index (χ2n) is 14.9. The van der Waals surface area contributed by atoms with Gasteiger partial charge in [0.2, 0.25) is 0 Å². The summed E-state index contributed by atoms with van der Waals surface area (Å²) in [6.45, 7) is 11.3. The van der Waals surface area contributed by atoms with Crippen LogP contribution in [-0.4, -0.2) is 23.3 Å². The number of aliphatic hydroxyl groups is 1. The van der Waals surface area contributed by atoms with Crippen LogP contribution in [0.5, 0.6) is 0 Å². The molecule has 0 saturated heterocycles. The van der Waals surface area contributed by atoms with E-state index in [2.05, 4.69) is 34.6 Å². The van der Waals surface area contributed by atoms with Crippen molar-refractivity contribution in [3.63, 3.8) is 0 Å². The van der Waals surface area contributed by atoms with Crippen molar-refractivity contribution >= 4 is 5.97 Å². The molecule has 0 aliphatic rings. The van der Waals surface area contributed by atoms with Crippen LogP contribution in [0, 0.1) is 0 Å². The van der Waals surface area contributed by atoms with Crippen molar-refractivity contribution in [3.05, 3.63) is 0 Å². The zero-order valence-corrected chi connectivity index (χ0v) is 33.4. The summed E-state index contributed by atoms with van der Waals surface area (Å²) in [6.07, 6.45) is 45.5. The molecule has 1 N–H and O–H groups in total. The summed E-state index contributed by atoms with van der Waals surface area (Å²) in [5.74, 6) is 0.0568. The molecular formula is C44H90O3. The molecule has 0 aliphatic carbocycles. The van der Waals surface area contributed by atoms with E-state index >= 15 is 0 Å². The van der Waals surface area contributed by atoms with Gasteiger partial charge in [-0.1, -0.05) is 214 Å². The van der Waals surface area contributed by atoms with Crippen LogP contribution in [0.15, 0.2) is 0 Å². The third-order valence-electron chi connectivity index (χ3n) is 9.82. The second kappa shape index (κ2) is 43.5. The molecule has 0 aromatic carbocycles. The Balaban J connectivity index is 0. The minimum absolute atomic E-state index is 0.0255. The monoisotopic (exact) mass is 667 g/mol. The number of esters is 1. The number of rotatable bonds is 37. The molecule has 0 spiro atoms. The fraction of sp³-hybridized carbons (Fsp3) is 0.977. The Hall–Kier alpha value is -0.570. The van der Waals surface area contributed by atoms with Crippen LogP contribution in [0.2, 0.25) is 0 Å². The molecular weight excluding hydrogens is 576 g/mol. The third-order valence-corrected chi connectivity index (χ3v) is 9.82.